The molecule has 16 nitrogen and oxygen atoms in total. The first-order valence-corrected chi connectivity index (χ1v) is 12.9. The summed E-state index contributed by atoms with van der Waals surface area (Å²) in [4.78, 5) is 77.1. The second kappa shape index (κ2) is 11.6. The highest BCUT2D eigenvalue weighted by Gasteiger charge is 2.25. The van der Waals surface area contributed by atoms with Gasteiger partial charge in [0, 0.05) is 12.6 Å². The van der Waals surface area contributed by atoms with Crippen molar-refractivity contribution in [2.24, 2.45) is 5.73 Å². The minimum Gasteiger partial charge on any atom is -0.478 e. The van der Waals surface area contributed by atoms with E-state index in [1.54, 1.807) is 0 Å². The molecule has 0 aliphatic rings. The van der Waals surface area contributed by atoms with Crippen molar-refractivity contribution in [2.45, 2.75) is 12.6 Å². The maximum absolute atomic E-state index is 14.3. The molecule has 17 heteroatoms. The molecule has 0 aliphatic carbocycles. The first-order chi connectivity index (χ1) is 21.3. The molecule has 0 bridgehead atoms. The minimum atomic E-state index is -1.38. The number of nitrogens with zero attached hydrogens (tertiary/aromatic N) is 3. The molecule has 2 heterocycles. The molecular weight excluding hydrogens is 593 g/mol. The van der Waals surface area contributed by atoms with Crippen molar-refractivity contribution in [3.05, 3.63) is 109 Å². The number of hydrogen-bond donors (Lipinski definition) is 7. The molecule has 3 aromatic carbocycles. The van der Waals surface area contributed by atoms with Gasteiger partial charge in [-0.15, -0.1) is 0 Å². The third kappa shape index (κ3) is 5.72. The summed E-state index contributed by atoms with van der Waals surface area (Å²) >= 11 is 0. The van der Waals surface area contributed by atoms with Gasteiger partial charge in [-0.1, -0.05) is 18.2 Å². The zero-order chi connectivity index (χ0) is 32.6. The number of nitrogen functional groups attached to an aromatic ring is 2. The number of aromatic nitrogens is 3. The first-order valence-electron chi connectivity index (χ1n) is 12.9. The molecule has 3 amide bonds. The Morgan fingerprint density at radius 1 is 0.978 bits per heavy atom. The van der Waals surface area contributed by atoms with Gasteiger partial charge in [-0.25, -0.2) is 18.7 Å². The van der Waals surface area contributed by atoms with Crippen molar-refractivity contribution in [3.63, 3.8) is 0 Å². The van der Waals surface area contributed by atoms with Crippen molar-refractivity contribution in [3.8, 4) is 0 Å². The third-order valence-corrected chi connectivity index (χ3v) is 6.71. The summed E-state index contributed by atoms with van der Waals surface area (Å²) in [6.45, 7) is -0.158. The maximum atomic E-state index is 14.3. The smallest absolute Gasteiger partial charge is 0.335 e. The molecule has 0 saturated carbocycles. The number of anilines is 4. The highest BCUT2D eigenvalue weighted by atomic mass is 19.1. The molecule has 0 unspecified atom stereocenters. The van der Waals surface area contributed by atoms with Crippen molar-refractivity contribution < 1.29 is 28.7 Å². The average Bonchev–Trinajstić information content (AvgIpc) is 3.41. The zero-order valence-electron chi connectivity index (χ0n) is 22.8. The van der Waals surface area contributed by atoms with Crippen LogP contribution in [0, 0.1) is 5.82 Å². The molecule has 5 aromatic rings. The van der Waals surface area contributed by atoms with Gasteiger partial charge in [0.05, 0.1) is 23.1 Å². The van der Waals surface area contributed by atoms with Crippen LogP contribution in [0.15, 0.2) is 64.3 Å². The summed E-state index contributed by atoms with van der Waals surface area (Å²) in [5, 5.41) is 20.6. The normalized spacial score (nSPS) is 11.7. The lowest BCUT2D eigenvalue weighted by molar-refractivity contribution is -0.120. The number of carboxylic acids is 1. The molecule has 0 fully saturated rings. The number of halogens is 1. The van der Waals surface area contributed by atoms with Gasteiger partial charge >= 0.3 is 5.97 Å². The standard InChI is InChI=1S/C28H22FN9O7/c29-14-6-1-11(7-16(14)35-21-19(31)22(39)23(21)40)9-33-26(42)17-8-18(38-25(36-17)15(30)10-34-38)27(43)37-20(24(32)41)12-2-4-13(5-3-12)28(44)45/h1-8,10,20,35H,9,30-31H2,(H2,32,41)(H,33,42)(H,37,43)(H,44,45)/t20-/m1/s1. The molecular formula is C28H22FN9O7. The molecule has 0 radical (unpaired) electrons. The Hall–Kier alpha value is -6.65. The average molecular weight is 616 g/mol. The van der Waals surface area contributed by atoms with Gasteiger partial charge in [0.2, 0.25) is 5.91 Å². The van der Waals surface area contributed by atoms with Crippen LogP contribution in [0.25, 0.3) is 5.65 Å². The Labute approximate surface area is 250 Å². The van der Waals surface area contributed by atoms with Gasteiger partial charge in [0.1, 0.15) is 34.6 Å². The first kappa shape index (κ1) is 29.8. The quantitative estimate of drug-likeness (QED) is 0.102. The fraction of sp³-hybridized carbons (Fsp3) is 0.0714. The number of aromatic carboxylic acids is 1. The minimum absolute atomic E-state index is 0.0289. The molecule has 10 N–H and O–H groups in total. The van der Waals surface area contributed by atoms with Gasteiger partial charge in [-0.05, 0) is 35.4 Å². The van der Waals surface area contributed by atoms with Crippen LogP contribution >= 0.6 is 0 Å². The molecule has 228 valence electrons. The molecule has 1 atom stereocenters. The van der Waals surface area contributed by atoms with Crippen LogP contribution in [0.3, 0.4) is 0 Å². The van der Waals surface area contributed by atoms with Crippen LogP contribution < -0.4 is 44.0 Å². The van der Waals surface area contributed by atoms with E-state index < -0.39 is 46.4 Å². The van der Waals surface area contributed by atoms with Crippen molar-refractivity contribution in [1.29, 1.82) is 0 Å². The monoisotopic (exact) mass is 615 g/mol. The van der Waals surface area contributed by atoms with Crippen LogP contribution in [0.5, 0.6) is 0 Å². The highest BCUT2D eigenvalue weighted by molar-refractivity contribution is 6.00. The molecule has 0 aliphatic heterocycles. The van der Waals surface area contributed by atoms with E-state index in [1.807, 2.05) is 0 Å². The highest BCUT2D eigenvalue weighted by Crippen LogP contribution is 2.23. The van der Waals surface area contributed by atoms with Crippen LogP contribution in [0.1, 0.15) is 48.5 Å². The maximum Gasteiger partial charge on any atom is 0.335 e. The fourth-order valence-corrected chi connectivity index (χ4v) is 4.32. The zero-order valence-corrected chi connectivity index (χ0v) is 22.8. The SMILES string of the molecule is NC(=O)[C@H](NC(=O)c1cc(C(=O)NCc2ccc(F)c(Nc3c(N)c(=O)c3=O)c2)nc2c(N)cnn12)c1ccc(C(=O)O)cc1. The summed E-state index contributed by atoms with van der Waals surface area (Å²) in [5.74, 6) is -4.55. The topological polar surface area (TPSA) is 267 Å². The second-order valence-corrected chi connectivity index (χ2v) is 9.67. The van der Waals surface area contributed by atoms with E-state index in [4.69, 9.17) is 22.3 Å². The lowest BCUT2D eigenvalue weighted by Crippen LogP contribution is -2.38. The van der Waals surface area contributed by atoms with E-state index in [-0.39, 0.29) is 57.5 Å². The van der Waals surface area contributed by atoms with Gasteiger partial charge in [0.15, 0.2) is 5.65 Å². The van der Waals surface area contributed by atoms with Crippen molar-refractivity contribution in [1.82, 2.24) is 25.2 Å². The van der Waals surface area contributed by atoms with Crippen molar-refractivity contribution >= 4 is 52.1 Å². The summed E-state index contributed by atoms with van der Waals surface area (Å²) in [5.41, 5.74) is 14.5. The summed E-state index contributed by atoms with van der Waals surface area (Å²) in [6, 6.07) is 8.57. The second-order valence-electron chi connectivity index (χ2n) is 9.67. The number of hydrogen-bond acceptors (Lipinski definition) is 11. The number of carbonyl (C=O) groups excluding carboxylic acids is 3. The number of carbonyl (C=O) groups is 4. The van der Waals surface area contributed by atoms with E-state index in [2.05, 4.69) is 26.0 Å². The van der Waals surface area contributed by atoms with Gasteiger partial charge in [-0.3, -0.25) is 24.0 Å². The summed E-state index contributed by atoms with van der Waals surface area (Å²) < 4.78 is 15.4. The number of amides is 3. The number of nitrogens with two attached hydrogens (primary N) is 3. The van der Waals surface area contributed by atoms with Crippen LogP contribution in [-0.4, -0.2) is 43.4 Å². The number of nitrogens with one attached hydrogen (secondary N) is 3. The number of rotatable bonds is 10. The van der Waals surface area contributed by atoms with E-state index in [0.29, 0.717) is 5.56 Å². The summed E-state index contributed by atoms with van der Waals surface area (Å²) in [7, 11) is 0. The predicted octanol–water partition coefficient (Wildman–Crippen LogP) is -0.0430. The van der Waals surface area contributed by atoms with E-state index in [9.17, 15) is 33.2 Å². The molecule has 5 rings (SSSR count). The van der Waals surface area contributed by atoms with E-state index >= 15 is 0 Å². The fourth-order valence-electron chi connectivity index (χ4n) is 4.32. The summed E-state index contributed by atoms with van der Waals surface area (Å²) in [6.07, 6.45) is 1.20. The Bertz CT molecular complexity index is 2100. The van der Waals surface area contributed by atoms with E-state index in [0.717, 1.165) is 16.6 Å². The number of primary amides is 1. The third-order valence-electron chi connectivity index (χ3n) is 6.71. The Morgan fingerprint density at radius 2 is 1.69 bits per heavy atom. The van der Waals surface area contributed by atoms with Crippen molar-refractivity contribution in [2.75, 3.05) is 16.8 Å². The number of benzene rings is 2. The molecule has 2 aromatic heterocycles. The van der Waals surface area contributed by atoms with E-state index in [1.165, 1.54) is 42.6 Å². The molecule has 0 spiro atoms. The largest absolute Gasteiger partial charge is 0.478 e. The Kier molecular flexibility index (Phi) is 7.66. The van der Waals surface area contributed by atoms with Gasteiger partial charge in [0.25, 0.3) is 22.7 Å². The molecule has 45 heavy (non-hydrogen) atoms. The predicted molar refractivity (Wildman–Crippen MR) is 157 cm³/mol. The Morgan fingerprint density at radius 3 is 2.33 bits per heavy atom. The lowest BCUT2D eigenvalue weighted by Gasteiger charge is -2.17. The van der Waals surface area contributed by atoms with Gasteiger partial charge < -0.3 is 38.3 Å². The van der Waals surface area contributed by atoms with Gasteiger partial charge in [-0.2, -0.15) is 5.10 Å². The number of carboxylic acid groups (broad SMARTS) is 1. The lowest BCUT2D eigenvalue weighted by atomic mass is 10.0. The van der Waals surface area contributed by atoms with Crippen LogP contribution in [0.4, 0.5) is 27.1 Å². The number of fused-ring (bicyclic) bond motifs is 1. The van der Waals surface area contributed by atoms with Crippen LogP contribution in [0.2, 0.25) is 0 Å². The molecule has 0 saturated heterocycles. The van der Waals surface area contributed by atoms with Crippen LogP contribution in [-0.2, 0) is 11.3 Å². The Balaban J connectivity index is 1.37.